The highest BCUT2D eigenvalue weighted by Crippen LogP contribution is 2.20. The first kappa shape index (κ1) is 13.1. The van der Waals surface area contributed by atoms with Crippen molar-refractivity contribution in [1.29, 1.82) is 0 Å². The Morgan fingerprint density at radius 3 is 2.81 bits per heavy atom. The van der Waals surface area contributed by atoms with Crippen LogP contribution < -0.4 is 16.8 Å². The lowest BCUT2D eigenvalue weighted by Gasteiger charge is -2.26. The third-order valence-corrected chi connectivity index (χ3v) is 2.72. The van der Waals surface area contributed by atoms with Crippen LogP contribution in [-0.2, 0) is 5.41 Å². The molecule has 0 amide bonds. The van der Waals surface area contributed by atoms with Gasteiger partial charge in [-0.1, -0.05) is 19.9 Å². The summed E-state index contributed by atoms with van der Waals surface area (Å²) >= 11 is 0. The lowest BCUT2D eigenvalue weighted by molar-refractivity contribution is 0.453. The Morgan fingerprint density at radius 2 is 2.25 bits per heavy atom. The fraction of sp³-hybridized carbons (Fsp3) is 0.583. The minimum Gasteiger partial charge on any atom is -0.329 e. The fourth-order valence-corrected chi connectivity index (χ4v) is 1.52. The van der Waals surface area contributed by atoms with E-state index in [2.05, 4.69) is 30.2 Å². The van der Waals surface area contributed by atoms with Gasteiger partial charge in [0, 0.05) is 43.5 Å². The third kappa shape index (κ3) is 3.89. The molecule has 1 unspecified atom stereocenters. The first-order chi connectivity index (χ1) is 7.56. The normalized spacial score (nSPS) is 13.8. The third-order valence-electron chi connectivity index (χ3n) is 2.72. The van der Waals surface area contributed by atoms with E-state index in [0.29, 0.717) is 6.54 Å². The van der Waals surface area contributed by atoms with Gasteiger partial charge in [-0.05, 0) is 11.6 Å². The number of pyridine rings is 1. The molecule has 1 heterocycles. The van der Waals surface area contributed by atoms with E-state index in [4.69, 9.17) is 11.5 Å². The summed E-state index contributed by atoms with van der Waals surface area (Å²) in [4.78, 5) is 4.14. The highest BCUT2D eigenvalue weighted by atomic mass is 14.9. The van der Waals surface area contributed by atoms with Gasteiger partial charge in [0.05, 0.1) is 0 Å². The zero-order chi connectivity index (χ0) is 12.0. The maximum absolute atomic E-state index is 5.74. The van der Waals surface area contributed by atoms with E-state index in [1.807, 2.05) is 12.3 Å². The molecule has 0 aliphatic carbocycles. The molecular formula is C12H22N4. The molecule has 1 aromatic rings. The van der Waals surface area contributed by atoms with E-state index in [9.17, 15) is 0 Å². The average molecular weight is 222 g/mol. The van der Waals surface area contributed by atoms with Gasteiger partial charge in [0.25, 0.3) is 0 Å². The van der Waals surface area contributed by atoms with Crippen molar-refractivity contribution in [3.05, 3.63) is 30.1 Å². The average Bonchev–Trinajstić information content (AvgIpc) is 2.30. The molecule has 0 aromatic carbocycles. The molecule has 4 heteroatoms. The lowest BCUT2D eigenvalue weighted by atomic mass is 9.85. The van der Waals surface area contributed by atoms with Crippen molar-refractivity contribution < 1.29 is 0 Å². The highest BCUT2D eigenvalue weighted by molar-refractivity contribution is 5.19. The van der Waals surface area contributed by atoms with Crippen molar-refractivity contribution in [2.24, 2.45) is 11.5 Å². The minimum atomic E-state index is 0.0321. The number of rotatable bonds is 6. The molecule has 0 spiro atoms. The predicted octanol–water partition coefficient (Wildman–Crippen LogP) is 0.235. The molecule has 0 bridgehead atoms. The van der Waals surface area contributed by atoms with Crippen LogP contribution in [0.15, 0.2) is 24.5 Å². The summed E-state index contributed by atoms with van der Waals surface area (Å²) in [6, 6.07) is 4.09. The van der Waals surface area contributed by atoms with Crippen LogP contribution in [0.25, 0.3) is 0 Å². The Balaban J connectivity index is 2.46. The quantitative estimate of drug-likeness (QED) is 0.644. The van der Waals surface area contributed by atoms with Crippen molar-refractivity contribution in [3.63, 3.8) is 0 Å². The summed E-state index contributed by atoms with van der Waals surface area (Å²) in [7, 11) is 0. The highest BCUT2D eigenvalue weighted by Gasteiger charge is 2.20. The first-order valence-corrected chi connectivity index (χ1v) is 5.63. The van der Waals surface area contributed by atoms with Crippen LogP contribution in [0.2, 0.25) is 0 Å². The summed E-state index contributed by atoms with van der Waals surface area (Å²) in [5.74, 6) is 0. The van der Waals surface area contributed by atoms with Crippen LogP contribution in [0.4, 0.5) is 0 Å². The molecule has 1 aromatic heterocycles. The van der Waals surface area contributed by atoms with E-state index >= 15 is 0 Å². The number of hydrogen-bond donors (Lipinski definition) is 3. The molecule has 1 rings (SSSR count). The van der Waals surface area contributed by atoms with Crippen LogP contribution in [0.3, 0.4) is 0 Å². The Hall–Kier alpha value is -0.970. The molecule has 0 aliphatic rings. The Kier molecular flexibility index (Phi) is 4.86. The molecule has 0 saturated carbocycles. The molecule has 0 fully saturated rings. The summed E-state index contributed by atoms with van der Waals surface area (Å²) in [5.41, 5.74) is 12.5. The van der Waals surface area contributed by atoms with Crippen LogP contribution in [-0.4, -0.2) is 30.7 Å². The molecule has 0 radical (unpaired) electrons. The molecule has 5 N–H and O–H groups in total. The van der Waals surface area contributed by atoms with Gasteiger partial charge in [0.15, 0.2) is 0 Å². The first-order valence-electron chi connectivity index (χ1n) is 5.63. The summed E-state index contributed by atoms with van der Waals surface area (Å²) in [6.07, 6.45) is 3.70. The fourth-order valence-electron chi connectivity index (χ4n) is 1.52. The van der Waals surface area contributed by atoms with Crippen molar-refractivity contribution in [2.75, 3.05) is 19.6 Å². The lowest BCUT2D eigenvalue weighted by Crippen LogP contribution is -2.43. The van der Waals surface area contributed by atoms with Gasteiger partial charge in [-0.3, -0.25) is 4.98 Å². The Labute approximate surface area is 97.4 Å². The van der Waals surface area contributed by atoms with Gasteiger partial charge in [0.1, 0.15) is 0 Å². The number of aromatic nitrogens is 1. The maximum atomic E-state index is 5.74. The largest absolute Gasteiger partial charge is 0.329 e. The van der Waals surface area contributed by atoms with E-state index in [1.165, 1.54) is 5.56 Å². The predicted molar refractivity (Wildman–Crippen MR) is 67.2 cm³/mol. The van der Waals surface area contributed by atoms with Crippen molar-refractivity contribution in [1.82, 2.24) is 10.3 Å². The number of nitrogens with two attached hydrogens (primary N) is 2. The molecule has 90 valence electrons. The summed E-state index contributed by atoms with van der Waals surface area (Å²) in [6.45, 7) is 6.50. The maximum Gasteiger partial charge on any atom is 0.0305 e. The van der Waals surface area contributed by atoms with Crippen molar-refractivity contribution in [3.8, 4) is 0 Å². The Morgan fingerprint density at radius 1 is 1.50 bits per heavy atom. The van der Waals surface area contributed by atoms with E-state index in [0.717, 1.165) is 13.1 Å². The molecule has 0 saturated heterocycles. The molecule has 4 nitrogen and oxygen atoms in total. The van der Waals surface area contributed by atoms with Gasteiger partial charge in [-0.25, -0.2) is 0 Å². The van der Waals surface area contributed by atoms with Gasteiger partial charge in [-0.2, -0.15) is 0 Å². The molecule has 16 heavy (non-hydrogen) atoms. The topological polar surface area (TPSA) is 77.0 Å². The standard InChI is InChI=1S/C12H22N4/c1-12(2,9-16-8-11(14)6-13)10-4-3-5-15-7-10/h3-5,7,11,16H,6,8-9,13-14H2,1-2H3. The van der Waals surface area contributed by atoms with Crippen LogP contribution in [0, 0.1) is 0 Å². The number of hydrogen-bond acceptors (Lipinski definition) is 4. The number of nitrogens with zero attached hydrogens (tertiary/aromatic N) is 1. The minimum absolute atomic E-state index is 0.0321. The summed E-state index contributed by atoms with van der Waals surface area (Å²) in [5, 5.41) is 3.34. The second kappa shape index (κ2) is 5.94. The Bertz CT molecular complexity index is 297. The zero-order valence-electron chi connectivity index (χ0n) is 10.1. The molecular weight excluding hydrogens is 200 g/mol. The monoisotopic (exact) mass is 222 g/mol. The van der Waals surface area contributed by atoms with Crippen molar-refractivity contribution >= 4 is 0 Å². The van der Waals surface area contributed by atoms with Gasteiger partial charge in [0.2, 0.25) is 0 Å². The van der Waals surface area contributed by atoms with Crippen LogP contribution >= 0.6 is 0 Å². The zero-order valence-corrected chi connectivity index (χ0v) is 10.1. The SMILES string of the molecule is CC(C)(CNCC(N)CN)c1cccnc1. The number of nitrogens with one attached hydrogen (secondary N) is 1. The second-order valence-corrected chi connectivity index (χ2v) is 4.75. The second-order valence-electron chi connectivity index (χ2n) is 4.75. The van der Waals surface area contributed by atoms with E-state index in [-0.39, 0.29) is 11.5 Å². The molecule has 0 aliphatic heterocycles. The molecule has 1 atom stereocenters. The van der Waals surface area contributed by atoms with E-state index in [1.54, 1.807) is 6.20 Å². The van der Waals surface area contributed by atoms with Gasteiger partial charge >= 0.3 is 0 Å². The van der Waals surface area contributed by atoms with Crippen LogP contribution in [0.1, 0.15) is 19.4 Å². The van der Waals surface area contributed by atoms with Crippen molar-refractivity contribution in [2.45, 2.75) is 25.3 Å². The van der Waals surface area contributed by atoms with Crippen LogP contribution in [0.5, 0.6) is 0 Å². The smallest absolute Gasteiger partial charge is 0.0305 e. The van der Waals surface area contributed by atoms with Gasteiger partial charge < -0.3 is 16.8 Å². The van der Waals surface area contributed by atoms with Gasteiger partial charge in [-0.15, -0.1) is 0 Å². The van der Waals surface area contributed by atoms with E-state index < -0.39 is 0 Å². The summed E-state index contributed by atoms with van der Waals surface area (Å²) < 4.78 is 0.